The molecule has 0 unspecified atom stereocenters. The molecule has 17 heavy (non-hydrogen) atoms. The largest absolute Gasteiger partial charge is 0.478 e. The second kappa shape index (κ2) is 6.09. The highest BCUT2D eigenvalue weighted by Gasteiger charge is 2.20. The first-order chi connectivity index (χ1) is 8.07. The fraction of sp³-hybridized carbons (Fsp3) is 0.300. The Morgan fingerprint density at radius 3 is 2.82 bits per heavy atom. The lowest BCUT2D eigenvalue weighted by molar-refractivity contribution is -0.384. The first kappa shape index (κ1) is 13.3. The minimum atomic E-state index is -1.18. The van der Waals surface area contributed by atoms with Crippen LogP contribution in [0, 0.1) is 10.1 Å². The minimum absolute atomic E-state index is 0.0686. The zero-order valence-electron chi connectivity index (χ0n) is 9.17. The van der Waals surface area contributed by atoms with Crippen LogP contribution < -0.4 is 5.32 Å². The minimum Gasteiger partial charge on any atom is -0.478 e. The smallest absolute Gasteiger partial charge is 0.338 e. The quantitative estimate of drug-likeness (QED) is 0.460. The van der Waals surface area contributed by atoms with Crippen molar-refractivity contribution in [2.75, 3.05) is 23.9 Å². The number of benzene rings is 1. The van der Waals surface area contributed by atoms with Crippen LogP contribution in [0.2, 0.25) is 0 Å². The Bertz CT molecular complexity index is 404. The van der Waals surface area contributed by atoms with Crippen molar-refractivity contribution in [1.82, 2.24) is 0 Å². The second-order valence-corrected chi connectivity index (χ2v) is 4.17. The van der Waals surface area contributed by atoms with Gasteiger partial charge in [0.1, 0.15) is 5.69 Å². The molecule has 0 aliphatic carbocycles. The summed E-state index contributed by atoms with van der Waals surface area (Å²) in [5.41, 5.74) is -0.231. The van der Waals surface area contributed by atoms with Crippen LogP contribution >= 0.6 is 11.8 Å². The first-order valence-corrected chi connectivity index (χ1v) is 6.20. The number of carbonyl (C=O) groups is 1. The fourth-order valence-electron chi connectivity index (χ4n) is 1.33. The molecular formula is C10H12N2O4S. The SMILES string of the molecule is CSCCNc1c(C(=O)O)cccc1[N+](=O)[O-]. The molecule has 0 aliphatic heterocycles. The Morgan fingerprint density at radius 2 is 2.29 bits per heavy atom. The van der Waals surface area contributed by atoms with E-state index in [1.165, 1.54) is 18.2 Å². The van der Waals surface area contributed by atoms with Gasteiger partial charge in [0.25, 0.3) is 5.69 Å². The molecule has 92 valence electrons. The van der Waals surface area contributed by atoms with Gasteiger partial charge in [-0.2, -0.15) is 11.8 Å². The number of para-hydroxylation sites is 1. The van der Waals surface area contributed by atoms with Crippen LogP contribution in [0.25, 0.3) is 0 Å². The Hall–Kier alpha value is -1.76. The Morgan fingerprint density at radius 1 is 1.59 bits per heavy atom. The summed E-state index contributed by atoms with van der Waals surface area (Å²) in [5.74, 6) is -0.439. The van der Waals surface area contributed by atoms with E-state index in [0.29, 0.717) is 6.54 Å². The number of thioether (sulfide) groups is 1. The molecule has 0 atom stereocenters. The number of anilines is 1. The van der Waals surface area contributed by atoms with E-state index in [0.717, 1.165) is 5.75 Å². The predicted octanol–water partition coefficient (Wildman–Crippen LogP) is 2.07. The predicted molar refractivity (Wildman–Crippen MR) is 66.9 cm³/mol. The maximum atomic E-state index is 11.0. The molecule has 0 bridgehead atoms. The van der Waals surface area contributed by atoms with Gasteiger partial charge in [0, 0.05) is 18.4 Å². The summed E-state index contributed by atoms with van der Waals surface area (Å²) in [6, 6.07) is 3.99. The maximum absolute atomic E-state index is 11.0. The molecule has 0 aliphatic rings. The van der Waals surface area contributed by atoms with Crippen LogP contribution in [0.1, 0.15) is 10.4 Å². The number of aromatic carboxylic acids is 1. The fourth-order valence-corrected chi connectivity index (χ4v) is 1.64. The lowest BCUT2D eigenvalue weighted by Gasteiger charge is -2.09. The van der Waals surface area contributed by atoms with Crippen molar-refractivity contribution in [3.63, 3.8) is 0 Å². The molecule has 0 radical (unpaired) electrons. The van der Waals surface area contributed by atoms with Crippen molar-refractivity contribution in [3.05, 3.63) is 33.9 Å². The van der Waals surface area contributed by atoms with Crippen LogP contribution in [0.5, 0.6) is 0 Å². The van der Waals surface area contributed by atoms with Crippen molar-refractivity contribution in [3.8, 4) is 0 Å². The lowest BCUT2D eigenvalue weighted by atomic mass is 10.1. The van der Waals surface area contributed by atoms with Gasteiger partial charge >= 0.3 is 5.97 Å². The Balaban J connectivity index is 3.10. The molecule has 0 saturated carbocycles. The third kappa shape index (κ3) is 3.35. The molecule has 0 fully saturated rings. The monoisotopic (exact) mass is 256 g/mol. The van der Waals surface area contributed by atoms with Gasteiger partial charge in [0.2, 0.25) is 0 Å². The van der Waals surface area contributed by atoms with Gasteiger partial charge in [-0.25, -0.2) is 4.79 Å². The third-order valence-corrected chi connectivity index (χ3v) is 2.69. The van der Waals surface area contributed by atoms with Crippen molar-refractivity contribution >= 4 is 29.1 Å². The molecule has 0 spiro atoms. The number of nitrogens with zero attached hydrogens (tertiary/aromatic N) is 1. The van der Waals surface area contributed by atoms with Crippen LogP contribution in [-0.4, -0.2) is 34.6 Å². The average Bonchev–Trinajstić information content (AvgIpc) is 2.28. The molecule has 1 aromatic rings. The first-order valence-electron chi connectivity index (χ1n) is 4.81. The molecule has 0 aromatic heterocycles. The van der Waals surface area contributed by atoms with Crippen molar-refractivity contribution in [2.24, 2.45) is 0 Å². The maximum Gasteiger partial charge on any atom is 0.338 e. The molecule has 7 heteroatoms. The highest BCUT2D eigenvalue weighted by molar-refractivity contribution is 7.98. The van der Waals surface area contributed by atoms with E-state index in [1.54, 1.807) is 11.8 Å². The standard InChI is InChI=1S/C10H12N2O4S/c1-17-6-5-11-9-7(10(13)14)3-2-4-8(9)12(15)16/h2-4,11H,5-6H2,1H3,(H,13,14). The molecule has 0 heterocycles. The summed E-state index contributed by atoms with van der Waals surface area (Å²) in [5, 5.41) is 22.6. The summed E-state index contributed by atoms with van der Waals surface area (Å²) in [6.45, 7) is 0.478. The summed E-state index contributed by atoms with van der Waals surface area (Å²) in [4.78, 5) is 21.2. The van der Waals surface area contributed by atoms with E-state index < -0.39 is 10.9 Å². The summed E-state index contributed by atoms with van der Waals surface area (Å²) in [6.07, 6.45) is 1.90. The lowest BCUT2D eigenvalue weighted by Crippen LogP contribution is -2.11. The average molecular weight is 256 g/mol. The number of carboxylic acids is 1. The molecule has 0 amide bonds. The van der Waals surface area contributed by atoms with Crippen molar-refractivity contribution in [2.45, 2.75) is 0 Å². The summed E-state index contributed by atoms with van der Waals surface area (Å²) >= 11 is 1.57. The van der Waals surface area contributed by atoms with Gasteiger partial charge in [-0.1, -0.05) is 6.07 Å². The zero-order valence-corrected chi connectivity index (χ0v) is 9.99. The van der Waals surface area contributed by atoms with E-state index in [9.17, 15) is 14.9 Å². The van der Waals surface area contributed by atoms with E-state index in [1.807, 2.05) is 6.26 Å². The molecule has 2 N–H and O–H groups in total. The summed E-state index contributed by atoms with van der Waals surface area (Å²) in [7, 11) is 0. The number of nitro groups is 1. The Kier molecular flexibility index (Phi) is 4.77. The number of carboxylic acid groups (broad SMARTS) is 1. The van der Waals surface area contributed by atoms with Crippen molar-refractivity contribution < 1.29 is 14.8 Å². The van der Waals surface area contributed by atoms with Gasteiger partial charge in [-0.05, 0) is 12.3 Å². The van der Waals surface area contributed by atoms with Gasteiger partial charge < -0.3 is 10.4 Å². The number of rotatable bonds is 6. The molecule has 0 saturated heterocycles. The van der Waals surface area contributed by atoms with E-state index in [-0.39, 0.29) is 16.9 Å². The zero-order chi connectivity index (χ0) is 12.8. The molecule has 1 rings (SSSR count). The van der Waals surface area contributed by atoms with Crippen LogP contribution in [-0.2, 0) is 0 Å². The molecule has 1 aromatic carbocycles. The molecular weight excluding hydrogens is 244 g/mol. The number of hydrogen-bond donors (Lipinski definition) is 2. The van der Waals surface area contributed by atoms with Crippen molar-refractivity contribution in [1.29, 1.82) is 0 Å². The van der Waals surface area contributed by atoms with Gasteiger partial charge in [0.05, 0.1) is 10.5 Å². The second-order valence-electron chi connectivity index (χ2n) is 3.18. The number of hydrogen-bond acceptors (Lipinski definition) is 5. The van der Waals surface area contributed by atoms with E-state index in [4.69, 9.17) is 5.11 Å². The van der Waals surface area contributed by atoms with E-state index in [2.05, 4.69) is 5.32 Å². The van der Waals surface area contributed by atoms with Crippen LogP contribution in [0.15, 0.2) is 18.2 Å². The molecule has 6 nitrogen and oxygen atoms in total. The van der Waals surface area contributed by atoms with E-state index >= 15 is 0 Å². The summed E-state index contributed by atoms with van der Waals surface area (Å²) < 4.78 is 0. The van der Waals surface area contributed by atoms with Gasteiger partial charge in [-0.15, -0.1) is 0 Å². The number of nitrogens with one attached hydrogen (secondary N) is 1. The van der Waals surface area contributed by atoms with Gasteiger partial charge in [-0.3, -0.25) is 10.1 Å². The highest BCUT2D eigenvalue weighted by atomic mass is 32.2. The van der Waals surface area contributed by atoms with Crippen LogP contribution in [0.3, 0.4) is 0 Å². The normalized spacial score (nSPS) is 9.94. The topological polar surface area (TPSA) is 92.5 Å². The van der Waals surface area contributed by atoms with Gasteiger partial charge in [0.15, 0.2) is 0 Å². The third-order valence-electron chi connectivity index (χ3n) is 2.08. The highest BCUT2D eigenvalue weighted by Crippen LogP contribution is 2.28. The Labute approximate surface area is 102 Å². The number of nitro benzene ring substituents is 1. The van der Waals surface area contributed by atoms with Crippen LogP contribution in [0.4, 0.5) is 11.4 Å².